The van der Waals surface area contributed by atoms with Crippen molar-refractivity contribution in [3.8, 4) is 11.3 Å². The van der Waals surface area contributed by atoms with E-state index in [1.807, 2.05) is 42.5 Å². The third kappa shape index (κ3) is 3.22. The maximum absolute atomic E-state index is 12.7. The van der Waals surface area contributed by atoms with Gasteiger partial charge in [0.15, 0.2) is 5.76 Å². The molecule has 1 N–H and O–H groups in total. The quantitative estimate of drug-likeness (QED) is 0.671. The van der Waals surface area contributed by atoms with E-state index in [0.717, 1.165) is 24.0 Å². The van der Waals surface area contributed by atoms with E-state index >= 15 is 0 Å². The van der Waals surface area contributed by atoms with Gasteiger partial charge in [-0.15, -0.1) is 0 Å². The van der Waals surface area contributed by atoms with E-state index < -0.39 is 5.41 Å². The maximum Gasteiger partial charge on any atom is 0.232 e. The number of benzene rings is 2. The van der Waals surface area contributed by atoms with Gasteiger partial charge < -0.3 is 9.84 Å². The van der Waals surface area contributed by atoms with E-state index in [4.69, 9.17) is 27.7 Å². The van der Waals surface area contributed by atoms with Crippen molar-refractivity contribution < 1.29 is 9.32 Å². The Morgan fingerprint density at radius 2 is 1.85 bits per heavy atom. The first-order valence-electron chi connectivity index (χ1n) is 8.33. The molecule has 6 heteroatoms. The van der Waals surface area contributed by atoms with Crippen molar-refractivity contribution in [2.75, 3.05) is 0 Å². The highest BCUT2D eigenvalue weighted by molar-refractivity contribution is 6.31. The Morgan fingerprint density at radius 1 is 1.12 bits per heavy atom. The predicted molar refractivity (Wildman–Crippen MR) is 101 cm³/mol. The lowest BCUT2D eigenvalue weighted by molar-refractivity contribution is -0.123. The summed E-state index contributed by atoms with van der Waals surface area (Å²) in [5.41, 5.74) is 1.83. The molecular formula is C20H16Cl2N2O2. The van der Waals surface area contributed by atoms with Gasteiger partial charge in [0.25, 0.3) is 0 Å². The van der Waals surface area contributed by atoms with Crippen LogP contribution in [0, 0.1) is 0 Å². The molecule has 4 rings (SSSR count). The van der Waals surface area contributed by atoms with Crippen molar-refractivity contribution in [2.24, 2.45) is 0 Å². The minimum atomic E-state index is -0.602. The summed E-state index contributed by atoms with van der Waals surface area (Å²) in [4.78, 5) is 12.7. The zero-order chi connectivity index (χ0) is 18.1. The molecule has 1 saturated carbocycles. The first-order chi connectivity index (χ1) is 12.6. The highest BCUT2D eigenvalue weighted by Crippen LogP contribution is 2.48. The molecule has 1 aromatic heterocycles. The van der Waals surface area contributed by atoms with Gasteiger partial charge in [-0.3, -0.25) is 4.79 Å². The standard InChI is InChI=1S/C20H16Cl2N2O2/c21-15-7-5-13(6-8-15)17-11-18(24-26-17)20(9-10-20)19(25)23-12-14-3-1-2-4-16(14)22/h1-8,11H,9-10,12H2,(H,23,25). The van der Waals surface area contributed by atoms with E-state index in [9.17, 15) is 4.79 Å². The van der Waals surface area contributed by atoms with Gasteiger partial charge in [0.05, 0.1) is 11.1 Å². The van der Waals surface area contributed by atoms with Gasteiger partial charge in [0.2, 0.25) is 5.91 Å². The number of carbonyl (C=O) groups is 1. The molecule has 0 saturated heterocycles. The molecule has 0 aliphatic heterocycles. The van der Waals surface area contributed by atoms with Crippen LogP contribution in [0.1, 0.15) is 24.1 Å². The van der Waals surface area contributed by atoms with E-state index in [1.54, 1.807) is 12.1 Å². The predicted octanol–water partition coefficient (Wildman–Crippen LogP) is 5.00. The number of aromatic nitrogens is 1. The zero-order valence-electron chi connectivity index (χ0n) is 13.8. The molecule has 1 aliphatic carbocycles. The summed E-state index contributed by atoms with van der Waals surface area (Å²) in [5, 5.41) is 8.42. The van der Waals surface area contributed by atoms with E-state index in [-0.39, 0.29) is 5.91 Å². The fourth-order valence-electron chi connectivity index (χ4n) is 2.96. The van der Waals surface area contributed by atoms with Crippen LogP contribution in [0.5, 0.6) is 0 Å². The minimum absolute atomic E-state index is 0.0478. The summed E-state index contributed by atoms with van der Waals surface area (Å²) in [7, 11) is 0. The molecule has 3 aromatic rings. The lowest BCUT2D eigenvalue weighted by atomic mass is 10.00. The van der Waals surface area contributed by atoms with Gasteiger partial charge in [-0.05, 0) is 48.7 Å². The van der Waals surface area contributed by atoms with Crippen LogP contribution in [0.2, 0.25) is 10.0 Å². The first-order valence-corrected chi connectivity index (χ1v) is 9.09. The van der Waals surface area contributed by atoms with Crippen LogP contribution in [0.3, 0.4) is 0 Å². The van der Waals surface area contributed by atoms with Crippen molar-refractivity contribution in [3.63, 3.8) is 0 Å². The second kappa shape index (κ2) is 6.78. The summed E-state index contributed by atoms with van der Waals surface area (Å²) in [5.74, 6) is 0.579. The summed E-state index contributed by atoms with van der Waals surface area (Å²) in [6.45, 7) is 0.391. The first kappa shape index (κ1) is 17.1. The van der Waals surface area contributed by atoms with Crippen LogP contribution in [-0.2, 0) is 16.8 Å². The van der Waals surface area contributed by atoms with Gasteiger partial charge in [-0.2, -0.15) is 0 Å². The summed E-state index contributed by atoms with van der Waals surface area (Å²) < 4.78 is 5.45. The Balaban J connectivity index is 1.49. The largest absolute Gasteiger partial charge is 0.356 e. The van der Waals surface area contributed by atoms with Crippen LogP contribution >= 0.6 is 23.2 Å². The fourth-order valence-corrected chi connectivity index (χ4v) is 3.29. The minimum Gasteiger partial charge on any atom is -0.356 e. The van der Waals surface area contributed by atoms with Crippen molar-refractivity contribution in [1.29, 1.82) is 0 Å². The topological polar surface area (TPSA) is 55.1 Å². The molecule has 0 radical (unpaired) electrons. The highest BCUT2D eigenvalue weighted by atomic mass is 35.5. The molecule has 0 spiro atoms. The van der Waals surface area contributed by atoms with Crippen LogP contribution in [0.25, 0.3) is 11.3 Å². The Morgan fingerprint density at radius 3 is 2.54 bits per heavy atom. The second-order valence-corrected chi connectivity index (χ2v) is 7.28. The Kier molecular flexibility index (Phi) is 4.47. The molecule has 0 bridgehead atoms. The maximum atomic E-state index is 12.7. The molecular weight excluding hydrogens is 371 g/mol. The van der Waals surface area contributed by atoms with Crippen molar-refractivity contribution in [1.82, 2.24) is 10.5 Å². The average Bonchev–Trinajstić information content (AvgIpc) is 3.32. The molecule has 26 heavy (non-hydrogen) atoms. The molecule has 4 nitrogen and oxygen atoms in total. The smallest absolute Gasteiger partial charge is 0.232 e. The van der Waals surface area contributed by atoms with Crippen LogP contribution in [-0.4, -0.2) is 11.1 Å². The van der Waals surface area contributed by atoms with Crippen molar-refractivity contribution in [2.45, 2.75) is 24.8 Å². The molecule has 1 amide bonds. The lowest BCUT2D eigenvalue weighted by Crippen LogP contribution is -2.34. The second-order valence-electron chi connectivity index (χ2n) is 6.44. The summed E-state index contributed by atoms with van der Waals surface area (Å²) in [6, 6.07) is 16.6. The van der Waals surface area contributed by atoms with Crippen LogP contribution in [0.15, 0.2) is 59.1 Å². The van der Waals surface area contributed by atoms with E-state index in [0.29, 0.717) is 28.0 Å². The number of carbonyl (C=O) groups excluding carboxylic acids is 1. The van der Waals surface area contributed by atoms with Crippen molar-refractivity contribution in [3.05, 3.63) is 75.9 Å². The third-order valence-corrected chi connectivity index (χ3v) is 5.33. The van der Waals surface area contributed by atoms with Crippen molar-refractivity contribution >= 4 is 29.1 Å². The number of nitrogens with one attached hydrogen (secondary N) is 1. The van der Waals surface area contributed by atoms with Gasteiger partial charge in [-0.1, -0.05) is 46.6 Å². The van der Waals surface area contributed by atoms with Gasteiger partial charge in [0.1, 0.15) is 0 Å². The molecule has 0 unspecified atom stereocenters. The molecule has 1 fully saturated rings. The summed E-state index contributed by atoms with van der Waals surface area (Å²) in [6.07, 6.45) is 1.52. The highest BCUT2D eigenvalue weighted by Gasteiger charge is 2.53. The third-order valence-electron chi connectivity index (χ3n) is 4.71. The number of halogens is 2. The SMILES string of the molecule is O=C(NCc1ccccc1Cl)C1(c2cc(-c3ccc(Cl)cc3)on2)CC1. The molecule has 1 heterocycles. The normalized spacial score (nSPS) is 14.8. The van der Waals surface area contributed by atoms with E-state index in [1.165, 1.54) is 0 Å². The van der Waals surface area contributed by atoms with Gasteiger partial charge in [-0.25, -0.2) is 0 Å². The number of amides is 1. The number of hydrogen-bond donors (Lipinski definition) is 1. The molecule has 132 valence electrons. The van der Waals surface area contributed by atoms with Gasteiger partial charge in [0, 0.05) is 28.2 Å². The van der Waals surface area contributed by atoms with Crippen LogP contribution in [0.4, 0.5) is 0 Å². The monoisotopic (exact) mass is 386 g/mol. The van der Waals surface area contributed by atoms with E-state index in [2.05, 4.69) is 10.5 Å². The molecule has 2 aromatic carbocycles. The average molecular weight is 387 g/mol. The Hall–Kier alpha value is -2.30. The lowest BCUT2D eigenvalue weighted by Gasteiger charge is -2.13. The van der Waals surface area contributed by atoms with Crippen LogP contribution < -0.4 is 5.32 Å². The van der Waals surface area contributed by atoms with Gasteiger partial charge >= 0.3 is 0 Å². The molecule has 1 aliphatic rings. The molecule has 0 atom stereocenters. The fraction of sp³-hybridized carbons (Fsp3) is 0.200. The zero-order valence-corrected chi connectivity index (χ0v) is 15.3. The Bertz CT molecular complexity index is 946. The number of rotatable bonds is 5. The number of hydrogen-bond acceptors (Lipinski definition) is 3. The Labute approximate surface area is 161 Å². The number of nitrogens with zero attached hydrogens (tertiary/aromatic N) is 1. The summed E-state index contributed by atoms with van der Waals surface area (Å²) >= 11 is 12.1.